The van der Waals surface area contributed by atoms with Crippen molar-refractivity contribution >= 4 is 17.5 Å². The summed E-state index contributed by atoms with van der Waals surface area (Å²) in [6.07, 6.45) is 8.81. The first-order valence-electron chi connectivity index (χ1n) is 11.5. The summed E-state index contributed by atoms with van der Waals surface area (Å²) >= 11 is 0. The molecule has 2 aliphatic rings. The van der Waals surface area contributed by atoms with Gasteiger partial charge in [-0.2, -0.15) is 0 Å². The van der Waals surface area contributed by atoms with E-state index in [9.17, 15) is 9.59 Å². The van der Waals surface area contributed by atoms with Crippen molar-refractivity contribution in [3.05, 3.63) is 76.9 Å². The van der Waals surface area contributed by atoms with E-state index >= 15 is 0 Å². The maximum Gasteiger partial charge on any atom is 0.273 e. The molecule has 0 unspecified atom stereocenters. The van der Waals surface area contributed by atoms with Gasteiger partial charge in [-0.15, -0.1) is 0 Å². The molecule has 8 heteroatoms. The molecule has 2 fully saturated rings. The molecule has 0 spiro atoms. The van der Waals surface area contributed by atoms with Crippen LogP contribution in [0.15, 0.2) is 53.5 Å². The minimum atomic E-state index is -0.298. The van der Waals surface area contributed by atoms with Crippen LogP contribution in [0.4, 0.5) is 5.69 Å². The first kappa shape index (κ1) is 21.3. The highest BCUT2D eigenvalue weighted by molar-refractivity contribution is 6.07. The van der Waals surface area contributed by atoms with E-state index in [-0.39, 0.29) is 23.4 Å². The number of benzene rings is 1. The van der Waals surface area contributed by atoms with E-state index in [4.69, 9.17) is 4.52 Å². The minimum absolute atomic E-state index is 0.108. The van der Waals surface area contributed by atoms with Crippen LogP contribution >= 0.6 is 0 Å². The number of nitrogens with zero attached hydrogens (tertiary/aromatic N) is 2. The van der Waals surface area contributed by atoms with Crippen molar-refractivity contribution < 1.29 is 14.1 Å². The highest BCUT2D eigenvalue weighted by atomic mass is 16.5. The topological polar surface area (TPSA) is 109 Å². The van der Waals surface area contributed by atoms with Gasteiger partial charge in [0, 0.05) is 24.4 Å². The number of aromatic nitrogens is 2. The molecule has 170 valence electrons. The molecule has 3 N–H and O–H groups in total. The first-order chi connectivity index (χ1) is 16.2. The third kappa shape index (κ3) is 4.80. The lowest BCUT2D eigenvalue weighted by Crippen LogP contribution is -2.30. The first-order valence-corrected chi connectivity index (χ1v) is 11.5. The monoisotopic (exact) mass is 445 g/mol. The number of anilines is 1. The minimum Gasteiger partial charge on any atom is -0.364 e. The number of nitrogens with one attached hydrogen (secondary N) is 3. The summed E-state index contributed by atoms with van der Waals surface area (Å²) in [5.41, 5.74) is 4.81. The summed E-state index contributed by atoms with van der Waals surface area (Å²) < 4.78 is 4.79. The van der Waals surface area contributed by atoms with Crippen LogP contribution in [0, 0.1) is 0 Å². The van der Waals surface area contributed by atoms with Gasteiger partial charge in [0.1, 0.15) is 6.26 Å². The fraction of sp³-hybridized carbons (Fsp3) is 0.360. The van der Waals surface area contributed by atoms with Gasteiger partial charge in [-0.3, -0.25) is 14.6 Å². The molecule has 1 aliphatic heterocycles. The van der Waals surface area contributed by atoms with Crippen molar-refractivity contribution in [2.45, 2.75) is 44.1 Å². The molecule has 2 amide bonds. The van der Waals surface area contributed by atoms with Crippen LogP contribution in [0.2, 0.25) is 0 Å². The standard InChI is InChI=1S/C25H27N5O3/c31-24(21-9-13-33-30-21)28-14-18-5-6-20(16-3-4-16)23(22(18)17-7-11-26-12-8-17)25(32)29-19-2-1-10-27-15-19/h1-2,5-6,9-10,13,15-17,26H,3-4,7-8,11-12,14H2,(H,28,31)(H,29,32). The van der Waals surface area contributed by atoms with Gasteiger partial charge in [0.05, 0.1) is 11.9 Å². The summed E-state index contributed by atoms with van der Waals surface area (Å²) in [6, 6.07) is 9.33. The molecule has 1 saturated carbocycles. The molecule has 1 aromatic carbocycles. The average Bonchev–Trinajstić information content (AvgIpc) is 3.55. The summed E-state index contributed by atoms with van der Waals surface area (Å²) in [5.74, 6) is 0.258. The van der Waals surface area contributed by atoms with Gasteiger partial charge < -0.3 is 20.5 Å². The van der Waals surface area contributed by atoms with Crippen molar-refractivity contribution in [3.8, 4) is 0 Å². The average molecular weight is 446 g/mol. The fourth-order valence-electron chi connectivity index (χ4n) is 4.62. The SMILES string of the molecule is O=C(NCc1ccc(C2CC2)c(C(=O)Nc2cccnc2)c1C1CCNCC1)c1ccon1. The van der Waals surface area contributed by atoms with Gasteiger partial charge in [0.25, 0.3) is 11.8 Å². The van der Waals surface area contributed by atoms with Crippen molar-refractivity contribution in [2.24, 2.45) is 0 Å². The van der Waals surface area contributed by atoms with Gasteiger partial charge in [0.2, 0.25) is 0 Å². The summed E-state index contributed by atoms with van der Waals surface area (Å²) in [5, 5.41) is 13.1. The largest absolute Gasteiger partial charge is 0.364 e. The Morgan fingerprint density at radius 2 is 1.88 bits per heavy atom. The molecule has 3 heterocycles. The van der Waals surface area contributed by atoms with E-state index in [1.807, 2.05) is 6.07 Å². The number of carbonyl (C=O) groups is 2. The number of amides is 2. The Balaban J connectivity index is 1.51. The predicted molar refractivity (Wildman–Crippen MR) is 123 cm³/mol. The normalized spacial score (nSPS) is 16.4. The van der Waals surface area contributed by atoms with Gasteiger partial charge in [0.15, 0.2) is 5.69 Å². The lowest BCUT2D eigenvalue weighted by atomic mass is 9.81. The quantitative estimate of drug-likeness (QED) is 0.513. The number of pyridine rings is 1. The maximum atomic E-state index is 13.6. The van der Waals surface area contributed by atoms with Crippen molar-refractivity contribution in [2.75, 3.05) is 18.4 Å². The van der Waals surface area contributed by atoms with E-state index in [2.05, 4.69) is 38.2 Å². The molecule has 2 aromatic heterocycles. The second kappa shape index (κ2) is 9.54. The molecule has 0 radical (unpaired) electrons. The zero-order valence-corrected chi connectivity index (χ0v) is 18.3. The van der Waals surface area contributed by atoms with E-state index in [1.165, 1.54) is 12.3 Å². The molecule has 0 atom stereocenters. The van der Waals surface area contributed by atoms with E-state index < -0.39 is 0 Å². The van der Waals surface area contributed by atoms with Crippen LogP contribution in [0.5, 0.6) is 0 Å². The number of rotatable bonds is 7. The van der Waals surface area contributed by atoms with Crippen LogP contribution in [-0.4, -0.2) is 35.0 Å². The summed E-state index contributed by atoms with van der Waals surface area (Å²) in [7, 11) is 0. The molecular formula is C25H27N5O3. The number of hydrogen-bond acceptors (Lipinski definition) is 6. The van der Waals surface area contributed by atoms with Crippen molar-refractivity contribution in [1.29, 1.82) is 0 Å². The smallest absolute Gasteiger partial charge is 0.273 e. The Morgan fingerprint density at radius 3 is 2.58 bits per heavy atom. The highest BCUT2D eigenvalue weighted by Gasteiger charge is 2.33. The zero-order valence-electron chi connectivity index (χ0n) is 18.3. The van der Waals surface area contributed by atoms with Gasteiger partial charge in [-0.25, -0.2) is 0 Å². The van der Waals surface area contributed by atoms with Gasteiger partial charge in [-0.1, -0.05) is 17.3 Å². The lowest BCUT2D eigenvalue weighted by Gasteiger charge is -2.29. The molecule has 5 rings (SSSR count). The molecule has 8 nitrogen and oxygen atoms in total. The zero-order chi connectivity index (χ0) is 22.6. The molecular weight excluding hydrogens is 418 g/mol. The third-order valence-electron chi connectivity index (χ3n) is 6.39. The van der Waals surface area contributed by atoms with Gasteiger partial charge in [-0.05, 0) is 79.4 Å². The molecule has 1 aliphatic carbocycles. The van der Waals surface area contributed by atoms with Crippen LogP contribution in [0.25, 0.3) is 0 Å². The Morgan fingerprint density at radius 1 is 1.03 bits per heavy atom. The van der Waals surface area contributed by atoms with Gasteiger partial charge >= 0.3 is 0 Å². The predicted octanol–water partition coefficient (Wildman–Crippen LogP) is 3.60. The second-order valence-electron chi connectivity index (χ2n) is 8.66. The van der Waals surface area contributed by atoms with Crippen LogP contribution in [-0.2, 0) is 6.54 Å². The molecule has 3 aromatic rings. The number of piperidine rings is 1. The Kier molecular flexibility index (Phi) is 6.17. The third-order valence-corrected chi connectivity index (χ3v) is 6.39. The molecule has 1 saturated heterocycles. The van der Waals surface area contributed by atoms with Crippen molar-refractivity contribution in [1.82, 2.24) is 20.8 Å². The highest BCUT2D eigenvalue weighted by Crippen LogP contribution is 2.45. The van der Waals surface area contributed by atoms with Crippen molar-refractivity contribution in [3.63, 3.8) is 0 Å². The van der Waals surface area contributed by atoms with Crippen LogP contribution < -0.4 is 16.0 Å². The molecule has 33 heavy (non-hydrogen) atoms. The maximum absolute atomic E-state index is 13.6. The second-order valence-corrected chi connectivity index (χ2v) is 8.66. The van der Waals surface area contributed by atoms with E-state index in [0.717, 1.165) is 61.0 Å². The van der Waals surface area contributed by atoms with E-state index in [0.29, 0.717) is 18.2 Å². The Bertz CT molecular complexity index is 1120. The number of hydrogen-bond donors (Lipinski definition) is 3. The van der Waals surface area contributed by atoms with Crippen LogP contribution in [0.1, 0.15) is 75.1 Å². The lowest BCUT2D eigenvalue weighted by molar-refractivity contribution is 0.0941. The number of carbonyl (C=O) groups excluding carboxylic acids is 2. The molecule has 0 bridgehead atoms. The fourth-order valence-corrected chi connectivity index (χ4v) is 4.62. The Labute approximate surface area is 192 Å². The van der Waals surface area contributed by atoms with E-state index in [1.54, 1.807) is 18.5 Å². The summed E-state index contributed by atoms with van der Waals surface area (Å²) in [4.78, 5) is 30.2. The van der Waals surface area contributed by atoms with Crippen LogP contribution in [0.3, 0.4) is 0 Å². The summed E-state index contributed by atoms with van der Waals surface area (Å²) in [6.45, 7) is 2.14. The Hall–Kier alpha value is -3.52.